The zero-order valence-electron chi connectivity index (χ0n) is 10.9. The molecule has 102 valence electrons. The second-order valence-electron chi connectivity index (χ2n) is 4.39. The molecule has 0 atom stereocenters. The van der Waals surface area contributed by atoms with Gasteiger partial charge in [0.25, 0.3) is 0 Å². The first-order valence-corrected chi connectivity index (χ1v) is 7.52. The summed E-state index contributed by atoms with van der Waals surface area (Å²) in [7, 11) is -3.51. The summed E-state index contributed by atoms with van der Waals surface area (Å²) in [5.41, 5.74) is 7.45. The van der Waals surface area contributed by atoms with Crippen LogP contribution in [0.4, 0.5) is 5.69 Å². The molecule has 5 nitrogen and oxygen atoms in total. The van der Waals surface area contributed by atoms with Crippen molar-refractivity contribution < 1.29 is 8.42 Å². The largest absolute Gasteiger partial charge is 0.398 e. The van der Waals surface area contributed by atoms with Crippen molar-refractivity contribution in [3.05, 3.63) is 53.3 Å². The fourth-order valence-electron chi connectivity index (χ4n) is 1.89. The number of hydrogen-bond donors (Lipinski definition) is 1. The Morgan fingerprint density at radius 1 is 1.35 bits per heavy atom. The Labute approximate surface area is 117 Å². The molecule has 20 heavy (non-hydrogen) atoms. The van der Waals surface area contributed by atoms with Crippen molar-refractivity contribution in [1.29, 1.82) is 5.26 Å². The second kappa shape index (κ2) is 5.31. The monoisotopic (exact) mass is 287 g/mol. The summed E-state index contributed by atoms with van der Waals surface area (Å²) in [6.45, 7) is 1.68. The van der Waals surface area contributed by atoms with Crippen molar-refractivity contribution in [2.75, 3.05) is 5.73 Å². The molecule has 1 aromatic carbocycles. The molecular weight excluding hydrogens is 274 g/mol. The Balaban J connectivity index is 2.41. The molecule has 0 radical (unpaired) electrons. The molecule has 0 aliphatic rings. The second-order valence-corrected chi connectivity index (χ2v) is 6.35. The summed E-state index contributed by atoms with van der Waals surface area (Å²) in [5.74, 6) is -0.186. The van der Waals surface area contributed by atoms with Gasteiger partial charge < -0.3 is 5.73 Å². The Morgan fingerprint density at radius 2 is 2.10 bits per heavy atom. The van der Waals surface area contributed by atoms with E-state index in [4.69, 9.17) is 11.0 Å². The van der Waals surface area contributed by atoms with Gasteiger partial charge in [0.2, 0.25) is 0 Å². The first kappa shape index (κ1) is 14.0. The molecule has 0 unspecified atom stereocenters. The molecule has 2 rings (SSSR count). The summed E-state index contributed by atoms with van der Waals surface area (Å²) in [5, 5.41) is 8.78. The molecule has 0 saturated heterocycles. The van der Waals surface area contributed by atoms with Crippen LogP contribution < -0.4 is 5.73 Å². The predicted molar refractivity (Wildman–Crippen MR) is 75.4 cm³/mol. The van der Waals surface area contributed by atoms with Crippen LogP contribution in [0.1, 0.15) is 16.8 Å². The Hall–Kier alpha value is -2.39. The van der Waals surface area contributed by atoms with E-state index in [0.717, 1.165) is 0 Å². The lowest BCUT2D eigenvalue weighted by atomic mass is 10.2. The highest BCUT2D eigenvalue weighted by atomic mass is 32.2. The zero-order valence-corrected chi connectivity index (χ0v) is 11.7. The number of anilines is 1. The number of rotatable bonds is 3. The SMILES string of the molecule is Cc1c(N)cccc1S(=O)(=O)Cc1ccnc(C#N)c1. The molecule has 2 aromatic rings. The van der Waals surface area contributed by atoms with Gasteiger partial charge >= 0.3 is 0 Å². The summed E-state index contributed by atoms with van der Waals surface area (Å²) in [6.07, 6.45) is 1.43. The Morgan fingerprint density at radius 3 is 2.80 bits per heavy atom. The molecule has 0 spiro atoms. The normalized spacial score (nSPS) is 11.0. The Bertz CT molecular complexity index is 792. The summed E-state index contributed by atoms with van der Waals surface area (Å²) in [4.78, 5) is 4.03. The van der Waals surface area contributed by atoms with Crippen molar-refractivity contribution >= 4 is 15.5 Å². The molecule has 0 fully saturated rings. The number of aromatic nitrogens is 1. The van der Waals surface area contributed by atoms with Gasteiger partial charge in [-0.2, -0.15) is 5.26 Å². The highest BCUT2D eigenvalue weighted by molar-refractivity contribution is 7.90. The van der Waals surface area contributed by atoms with E-state index in [2.05, 4.69) is 4.98 Å². The van der Waals surface area contributed by atoms with Crippen LogP contribution in [-0.4, -0.2) is 13.4 Å². The predicted octanol–water partition coefficient (Wildman–Crippen LogP) is 1.82. The van der Waals surface area contributed by atoms with E-state index in [9.17, 15) is 8.42 Å². The van der Waals surface area contributed by atoms with E-state index in [1.807, 2.05) is 6.07 Å². The minimum Gasteiger partial charge on any atom is -0.398 e. The summed E-state index contributed by atoms with van der Waals surface area (Å²) in [6, 6.07) is 9.75. The number of nitrogens with two attached hydrogens (primary N) is 1. The van der Waals surface area contributed by atoms with Gasteiger partial charge in [-0.1, -0.05) is 6.07 Å². The molecule has 1 heterocycles. The van der Waals surface area contributed by atoms with Gasteiger partial charge in [0, 0.05) is 11.9 Å². The summed E-state index contributed by atoms with van der Waals surface area (Å²) < 4.78 is 24.8. The van der Waals surface area contributed by atoms with Crippen molar-refractivity contribution in [2.24, 2.45) is 0 Å². The van der Waals surface area contributed by atoms with Crippen LogP contribution in [0.15, 0.2) is 41.4 Å². The average molecular weight is 287 g/mol. The quantitative estimate of drug-likeness (QED) is 0.868. The van der Waals surface area contributed by atoms with Gasteiger partial charge in [-0.15, -0.1) is 0 Å². The van der Waals surface area contributed by atoms with Crippen LogP contribution in [-0.2, 0) is 15.6 Å². The van der Waals surface area contributed by atoms with Gasteiger partial charge in [-0.3, -0.25) is 0 Å². The summed E-state index contributed by atoms with van der Waals surface area (Å²) >= 11 is 0. The maximum atomic E-state index is 12.4. The van der Waals surface area contributed by atoms with Crippen LogP contribution in [0.25, 0.3) is 0 Å². The van der Waals surface area contributed by atoms with E-state index in [-0.39, 0.29) is 16.3 Å². The third kappa shape index (κ3) is 2.78. The minimum absolute atomic E-state index is 0.186. The number of nitrogen functional groups attached to an aromatic ring is 1. The number of hydrogen-bond acceptors (Lipinski definition) is 5. The lowest BCUT2D eigenvalue weighted by molar-refractivity contribution is 0.594. The smallest absolute Gasteiger partial charge is 0.182 e. The van der Waals surface area contributed by atoms with Gasteiger partial charge in [0.15, 0.2) is 9.84 Å². The third-order valence-electron chi connectivity index (χ3n) is 2.96. The standard InChI is InChI=1S/C14H13N3O2S/c1-10-13(16)3-2-4-14(10)20(18,19)9-11-5-6-17-12(7-11)8-15/h2-7H,9,16H2,1H3. The topological polar surface area (TPSA) is 96.8 Å². The number of pyridine rings is 1. The highest BCUT2D eigenvalue weighted by Crippen LogP contribution is 2.24. The first-order chi connectivity index (χ1) is 9.44. The van der Waals surface area contributed by atoms with Crippen LogP contribution >= 0.6 is 0 Å². The van der Waals surface area contributed by atoms with Crippen LogP contribution in [0.2, 0.25) is 0 Å². The maximum Gasteiger partial charge on any atom is 0.182 e. The minimum atomic E-state index is -3.51. The van der Waals surface area contributed by atoms with Crippen LogP contribution in [0.5, 0.6) is 0 Å². The van der Waals surface area contributed by atoms with Gasteiger partial charge in [-0.05, 0) is 42.3 Å². The molecule has 0 aliphatic heterocycles. The van der Waals surface area contributed by atoms with E-state index in [1.165, 1.54) is 18.3 Å². The molecular formula is C14H13N3O2S. The van der Waals surface area contributed by atoms with Gasteiger partial charge in [0.1, 0.15) is 11.8 Å². The number of sulfone groups is 1. The average Bonchev–Trinajstić information content (AvgIpc) is 2.41. The highest BCUT2D eigenvalue weighted by Gasteiger charge is 2.19. The van der Waals surface area contributed by atoms with Crippen molar-refractivity contribution in [2.45, 2.75) is 17.6 Å². The van der Waals surface area contributed by atoms with E-state index in [1.54, 1.807) is 25.1 Å². The third-order valence-corrected chi connectivity index (χ3v) is 4.78. The molecule has 0 bridgehead atoms. The number of nitrogens with zero attached hydrogens (tertiary/aromatic N) is 2. The number of nitriles is 1. The van der Waals surface area contributed by atoms with Crippen LogP contribution in [0.3, 0.4) is 0 Å². The van der Waals surface area contributed by atoms with E-state index >= 15 is 0 Å². The van der Waals surface area contributed by atoms with Crippen molar-refractivity contribution in [3.63, 3.8) is 0 Å². The molecule has 1 aromatic heterocycles. The molecule has 0 saturated carbocycles. The Kier molecular flexibility index (Phi) is 3.72. The van der Waals surface area contributed by atoms with E-state index < -0.39 is 9.84 Å². The molecule has 0 amide bonds. The first-order valence-electron chi connectivity index (χ1n) is 5.87. The van der Waals surface area contributed by atoms with Gasteiger partial charge in [-0.25, -0.2) is 13.4 Å². The molecule has 0 aliphatic carbocycles. The van der Waals surface area contributed by atoms with Crippen LogP contribution in [0, 0.1) is 18.3 Å². The molecule has 2 N–H and O–H groups in total. The van der Waals surface area contributed by atoms with Gasteiger partial charge in [0.05, 0.1) is 10.6 Å². The lowest BCUT2D eigenvalue weighted by Gasteiger charge is -2.09. The van der Waals surface area contributed by atoms with Crippen molar-refractivity contribution in [3.8, 4) is 6.07 Å². The zero-order chi connectivity index (χ0) is 14.8. The maximum absolute atomic E-state index is 12.4. The number of benzene rings is 1. The van der Waals surface area contributed by atoms with E-state index in [0.29, 0.717) is 16.8 Å². The fourth-order valence-corrected chi connectivity index (χ4v) is 3.53. The lowest BCUT2D eigenvalue weighted by Crippen LogP contribution is -2.08. The molecule has 6 heteroatoms. The van der Waals surface area contributed by atoms with Crippen molar-refractivity contribution in [1.82, 2.24) is 4.98 Å². The fraction of sp³-hybridized carbons (Fsp3) is 0.143.